The number of imidazole rings is 1. The van der Waals surface area contributed by atoms with Gasteiger partial charge in [-0.3, -0.25) is 9.59 Å². The highest BCUT2D eigenvalue weighted by molar-refractivity contribution is 7.98. The number of nitrogens with zero attached hydrogens (tertiary/aromatic N) is 2. The molecule has 0 aliphatic carbocycles. The summed E-state index contributed by atoms with van der Waals surface area (Å²) in [5.74, 6) is 1.36. The highest BCUT2D eigenvalue weighted by Gasteiger charge is 2.21. The van der Waals surface area contributed by atoms with E-state index < -0.39 is 0 Å². The van der Waals surface area contributed by atoms with Crippen molar-refractivity contribution in [1.82, 2.24) is 19.9 Å². The molecular formula is C24H26N4O3S. The van der Waals surface area contributed by atoms with Crippen molar-refractivity contribution < 1.29 is 9.53 Å². The molecule has 0 saturated carbocycles. The number of methoxy groups -OCH3 is 1. The first-order valence-electron chi connectivity index (χ1n) is 10.5. The average Bonchev–Trinajstić information content (AvgIpc) is 3.25. The molecule has 4 aromatic rings. The Morgan fingerprint density at radius 3 is 2.69 bits per heavy atom. The minimum absolute atomic E-state index is 0.134. The van der Waals surface area contributed by atoms with Crippen LogP contribution >= 0.6 is 11.8 Å². The fourth-order valence-corrected chi connectivity index (χ4v) is 4.24. The summed E-state index contributed by atoms with van der Waals surface area (Å²) < 4.78 is 6.67. The smallest absolute Gasteiger partial charge is 0.258 e. The van der Waals surface area contributed by atoms with Crippen molar-refractivity contribution >= 4 is 39.5 Å². The maximum atomic E-state index is 13.5. The Morgan fingerprint density at radius 1 is 1.19 bits per heavy atom. The van der Waals surface area contributed by atoms with Gasteiger partial charge in [-0.15, -0.1) is 0 Å². The van der Waals surface area contributed by atoms with E-state index >= 15 is 0 Å². The molecule has 0 aliphatic heterocycles. The van der Waals surface area contributed by atoms with Crippen LogP contribution in [0.25, 0.3) is 21.8 Å². The van der Waals surface area contributed by atoms with E-state index in [0.29, 0.717) is 29.5 Å². The molecule has 0 bridgehead atoms. The molecule has 1 amide bonds. The monoisotopic (exact) mass is 450 g/mol. The number of carbonyl (C=O) groups is 1. The molecule has 0 aliphatic rings. The molecule has 2 aromatic heterocycles. The van der Waals surface area contributed by atoms with Crippen molar-refractivity contribution in [3.05, 3.63) is 76.5 Å². The number of aromatic amines is 1. The highest BCUT2D eigenvalue weighted by Crippen LogP contribution is 2.22. The Bertz CT molecular complexity index is 1260. The van der Waals surface area contributed by atoms with Crippen LogP contribution in [0.15, 0.2) is 59.5 Å². The summed E-state index contributed by atoms with van der Waals surface area (Å²) in [4.78, 5) is 34.3. The Labute approximate surface area is 190 Å². The van der Waals surface area contributed by atoms with E-state index in [4.69, 9.17) is 9.72 Å². The van der Waals surface area contributed by atoms with E-state index in [0.717, 1.165) is 29.0 Å². The third-order valence-electron chi connectivity index (χ3n) is 5.43. The van der Waals surface area contributed by atoms with Crippen LogP contribution < -0.4 is 10.9 Å². The van der Waals surface area contributed by atoms with E-state index in [-0.39, 0.29) is 17.5 Å². The normalized spacial score (nSPS) is 12.3. The predicted octanol–water partition coefficient (Wildman–Crippen LogP) is 3.75. The quantitative estimate of drug-likeness (QED) is 0.405. The number of H-pyrrole nitrogens is 1. The van der Waals surface area contributed by atoms with Crippen LogP contribution in [0.4, 0.5) is 0 Å². The lowest BCUT2D eigenvalue weighted by molar-refractivity contribution is 0.0934. The van der Waals surface area contributed by atoms with Crippen molar-refractivity contribution in [2.24, 2.45) is 0 Å². The number of nitrogens with one attached hydrogen (secondary N) is 2. The molecule has 7 nitrogen and oxygen atoms in total. The summed E-state index contributed by atoms with van der Waals surface area (Å²) in [5, 5.41) is 4.30. The number of para-hydroxylation sites is 2. The van der Waals surface area contributed by atoms with E-state index in [1.807, 2.05) is 48.7 Å². The molecule has 0 spiro atoms. The number of hydrogen-bond acceptors (Lipinski definition) is 5. The van der Waals surface area contributed by atoms with Crippen LogP contribution in [0, 0.1) is 0 Å². The molecule has 166 valence electrons. The van der Waals surface area contributed by atoms with Gasteiger partial charge in [-0.25, -0.2) is 4.98 Å². The van der Waals surface area contributed by atoms with E-state index in [1.54, 1.807) is 35.7 Å². The Kier molecular flexibility index (Phi) is 6.92. The van der Waals surface area contributed by atoms with Gasteiger partial charge in [0.15, 0.2) is 0 Å². The van der Waals surface area contributed by atoms with E-state index in [9.17, 15) is 9.59 Å². The predicted molar refractivity (Wildman–Crippen MR) is 129 cm³/mol. The molecule has 8 heteroatoms. The van der Waals surface area contributed by atoms with Gasteiger partial charge >= 0.3 is 0 Å². The van der Waals surface area contributed by atoms with Gasteiger partial charge in [0.25, 0.3) is 11.5 Å². The standard InChI is InChI=1S/C24H26N4O3S/c1-31-13-12-28-15-18(16-7-3-4-8-17(16)24(28)30)23(29)27-21(11-14-32-2)22-25-19-9-5-6-10-20(19)26-22/h3-10,15,21H,11-14H2,1-2H3,(H,25,26)(H,27,29)/t21-/m0/s1. The second-order valence-electron chi connectivity index (χ2n) is 7.53. The summed E-state index contributed by atoms with van der Waals surface area (Å²) in [5.41, 5.74) is 2.13. The second kappa shape index (κ2) is 10.0. The summed E-state index contributed by atoms with van der Waals surface area (Å²) >= 11 is 1.72. The summed E-state index contributed by atoms with van der Waals surface area (Å²) in [6.45, 7) is 0.758. The van der Waals surface area contributed by atoms with E-state index in [1.165, 1.54) is 0 Å². The van der Waals surface area contributed by atoms with Gasteiger partial charge in [0.1, 0.15) is 5.82 Å². The number of aromatic nitrogens is 3. The Morgan fingerprint density at radius 2 is 1.94 bits per heavy atom. The van der Waals surface area contributed by atoms with Gasteiger partial charge in [-0.1, -0.05) is 30.3 Å². The van der Waals surface area contributed by atoms with Crippen LogP contribution in [0.5, 0.6) is 0 Å². The van der Waals surface area contributed by atoms with Crippen LogP contribution in [0.1, 0.15) is 28.6 Å². The molecule has 32 heavy (non-hydrogen) atoms. The maximum Gasteiger partial charge on any atom is 0.258 e. The third kappa shape index (κ3) is 4.56. The molecular weight excluding hydrogens is 424 g/mol. The van der Waals surface area contributed by atoms with Gasteiger partial charge in [0.2, 0.25) is 0 Å². The largest absolute Gasteiger partial charge is 0.383 e. The summed E-state index contributed by atoms with van der Waals surface area (Å²) in [6, 6.07) is 14.7. The van der Waals surface area contributed by atoms with Gasteiger partial charge < -0.3 is 19.6 Å². The molecule has 2 aromatic carbocycles. The second-order valence-corrected chi connectivity index (χ2v) is 8.51. The number of benzene rings is 2. The highest BCUT2D eigenvalue weighted by atomic mass is 32.2. The van der Waals surface area contributed by atoms with Crippen molar-refractivity contribution in [2.45, 2.75) is 19.0 Å². The number of hydrogen-bond donors (Lipinski definition) is 2. The first-order chi connectivity index (χ1) is 15.6. The first kappa shape index (κ1) is 22.1. The number of pyridine rings is 1. The molecule has 2 heterocycles. The fourth-order valence-electron chi connectivity index (χ4n) is 3.77. The van der Waals surface area contributed by atoms with Crippen LogP contribution in [-0.2, 0) is 11.3 Å². The zero-order valence-corrected chi connectivity index (χ0v) is 18.9. The molecule has 0 fully saturated rings. The Balaban J connectivity index is 1.71. The van der Waals surface area contributed by atoms with Crippen molar-refractivity contribution in [3.8, 4) is 0 Å². The zero-order chi connectivity index (χ0) is 22.5. The lowest BCUT2D eigenvalue weighted by Crippen LogP contribution is -2.32. The van der Waals surface area contributed by atoms with Gasteiger partial charge in [0.05, 0.1) is 29.2 Å². The molecule has 4 rings (SSSR count). The van der Waals surface area contributed by atoms with Gasteiger partial charge in [-0.2, -0.15) is 11.8 Å². The molecule has 0 saturated heterocycles. The number of rotatable bonds is 9. The number of amides is 1. The third-order valence-corrected chi connectivity index (χ3v) is 6.07. The van der Waals surface area contributed by atoms with Crippen LogP contribution in [0.2, 0.25) is 0 Å². The number of ether oxygens (including phenoxy) is 1. The molecule has 2 N–H and O–H groups in total. The van der Waals surface area contributed by atoms with Crippen LogP contribution in [0.3, 0.4) is 0 Å². The van der Waals surface area contributed by atoms with Crippen molar-refractivity contribution in [2.75, 3.05) is 25.7 Å². The molecule has 0 radical (unpaired) electrons. The lowest BCUT2D eigenvalue weighted by atomic mass is 10.1. The van der Waals surface area contributed by atoms with Crippen molar-refractivity contribution in [1.29, 1.82) is 0 Å². The first-order valence-corrected chi connectivity index (χ1v) is 11.9. The minimum Gasteiger partial charge on any atom is -0.383 e. The van der Waals surface area contributed by atoms with Crippen molar-refractivity contribution in [3.63, 3.8) is 0 Å². The van der Waals surface area contributed by atoms with E-state index in [2.05, 4.69) is 10.3 Å². The van der Waals surface area contributed by atoms with Gasteiger partial charge in [-0.05, 0) is 36.6 Å². The lowest BCUT2D eigenvalue weighted by Gasteiger charge is -2.18. The summed E-state index contributed by atoms with van der Waals surface area (Å²) in [7, 11) is 1.59. The van der Waals surface area contributed by atoms with Crippen LogP contribution in [-0.4, -0.2) is 46.2 Å². The fraction of sp³-hybridized carbons (Fsp3) is 0.292. The zero-order valence-electron chi connectivity index (χ0n) is 18.1. The maximum absolute atomic E-state index is 13.5. The average molecular weight is 451 g/mol. The Hall–Kier alpha value is -3.10. The molecule has 0 unspecified atom stereocenters. The van der Waals surface area contributed by atoms with Gasteiger partial charge in [0, 0.05) is 30.6 Å². The topological polar surface area (TPSA) is 89.0 Å². The number of fused-ring (bicyclic) bond motifs is 2. The summed E-state index contributed by atoms with van der Waals surface area (Å²) in [6.07, 6.45) is 4.40. The SMILES string of the molecule is COCCn1cc(C(=O)N[C@@H](CCSC)c2nc3ccccc3[nH]2)c2ccccc2c1=O. The number of thioether (sulfide) groups is 1. The minimum atomic E-state index is -0.277. The number of carbonyl (C=O) groups excluding carboxylic acids is 1. The molecule has 1 atom stereocenters.